The number of carboxylic acids is 1. The number of nitrogens with one attached hydrogen (secondary N) is 1. The van der Waals surface area contributed by atoms with Gasteiger partial charge in [0, 0.05) is 18.4 Å². The molecule has 6 heteroatoms. The van der Waals surface area contributed by atoms with Crippen molar-refractivity contribution in [3.8, 4) is 0 Å². The van der Waals surface area contributed by atoms with Gasteiger partial charge in [-0.15, -0.1) is 0 Å². The molecular formula is C39H61NO4S. The van der Waals surface area contributed by atoms with Crippen molar-refractivity contribution in [2.24, 2.45) is 51.8 Å². The average molecular weight is 640 g/mol. The van der Waals surface area contributed by atoms with E-state index in [1.54, 1.807) is 5.57 Å². The van der Waals surface area contributed by atoms with Gasteiger partial charge in [-0.2, -0.15) is 0 Å². The number of carboxylic acid groups (broad SMARTS) is 1. The minimum absolute atomic E-state index is 0.203. The third kappa shape index (κ3) is 5.16. The van der Waals surface area contributed by atoms with Crippen molar-refractivity contribution in [1.82, 2.24) is 5.32 Å². The van der Waals surface area contributed by atoms with Crippen molar-refractivity contribution < 1.29 is 19.6 Å². The van der Waals surface area contributed by atoms with Crippen molar-refractivity contribution >= 4 is 17.1 Å². The summed E-state index contributed by atoms with van der Waals surface area (Å²) in [5.41, 5.74) is 3.70. The van der Waals surface area contributed by atoms with Crippen LogP contribution in [0.15, 0.2) is 23.3 Å². The van der Waals surface area contributed by atoms with Crippen molar-refractivity contribution in [3.63, 3.8) is 0 Å². The van der Waals surface area contributed by atoms with Crippen LogP contribution >= 0.6 is 0 Å². The molecule has 7 aliphatic rings. The van der Waals surface area contributed by atoms with Crippen LogP contribution in [0.5, 0.6) is 0 Å². The SMILES string of the molecule is CC1C(C2=CCC(C(=O)O)CC2)=CCC2(C)C1CCC1(C)C2CCC2C3CCCC3(NCCC3(O)CC[S+]([O-])CC3)CC[C@]21C. The monoisotopic (exact) mass is 639 g/mol. The third-order valence-electron chi connectivity index (χ3n) is 16.3. The maximum atomic E-state index is 11.9. The Hall–Kier alpha value is -0.820. The lowest BCUT2D eigenvalue weighted by Gasteiger charge is -2.71. The molecule has 0 aromatic carbocycles. The maximum Gasteiger partial charge on any atom is 0.306 e. The summed E-state index contributed by atoms with van der Waals surface area (Å²) in [6, 6.07) is 0. The first kappa shape index (κ1) is 32.7. The Morgan fingerprint density at radius 3 is 2.42 bits per heavy atom. The Bertz CT molecular complexity index is 1220. The molecule has 1 heterocycles. The molecule has 1 saturated heterocycles. The molecule has 0 radical (unpaired) electrons. The third-order valence-corrected chi connectivity index (χ3v) is 17.7. The van der Waals surface area contributed by atoms with Gasteiger partial charge in [-0.1, -0.05) is 57.4 Å². The van der Waals surface area contributed by atoms with Gasteiger partial charge in [0.15, 0.2) is 0 Å². The highest BCUT2D eigenvalue weighted by atomic mass is 32.2. The van der Waals surface area contributed by atoms with Crippen LogP contribution in [0.25, 0.3) is 0 Å². The Morgan fingerprint density at radius 1 is 0.933 bits per heavy atom. The minimum atomic E-state index is -0.737. The lowest BCUT2D eigenvalue weighted by Crippen LogP contribution is -2.67. The van der Waals surface area contributed by atoms with E-state index in [4.69, 9.17) is 0 Å². The van der Waals surface area contributed by atoms with E-state index in [2.05, 4.69) is 45.2 Å². The smallest absolute Gasteiger partial charge is 0.306 e. The van der Waals surface area contributed by atoms with Crippen LogP contribution in [0.1, 0.15) is 130 Å². The summed E-state index contributed by atoms with van der Waals surface area (Å²) in [5, 5.41) is 24.9. The highest BCUT2D eigenvalue weighted by Gasteiger charge is 2.68. The Morgan fingerprint density at radius 2 is 1.71 bits per heavy atom. The van der Waals surface area contributed by atoms with E-state index in [0.29, 0.717) is 58.8 Å². The highest BCUT2D eigenvalue weighted by molar-refractivity contribution is 7.91. The van der Waals surface area contributed by atoms with Crippen LogP contribution < -0.4 is 5.32 Å². The van der Waals surface area contributed by atoms with Crippen molar-refractivity contribution in [2.75, 3.05) is 18.1 Å². The second-order valence-electron chi connectivity index (χ2n) is 17.8. The van der Waals surface area contributed by atoms with Crippen LogP contribution in [0.2, 0.25) is 0 Å². The molecule has 0 amide bonds. The fourth-order valence-corrected chi connectivity index (χ4v) is 14.9. The number of allylic oxidation sites excluding steroid dienone is 4. The number of hydrogen-bond acceptors (Lipinski definition) is 4. The second-order valence-corrected chi connectivity index (χ2v) is 19.5. The van der Waals surface area contributed by atoms with Gasteiger partial charge in [-0.05, 0) is 147 Å². The maximum absolute atomic E-state index is 11.9. The summed E-state index contributed by atoms with van der Waals surface area (Å²) in [7, 11) is 0. The Kier molecular flexibility index (Phi) is 8.47. The van der Waals surface area contributed by atoms with Crippen LogP contribution in [0, 0.1) is 51.8 Å². The average Bonchev–Trinajstić information content (AvgIpc) is 3.43. The van der Waals surface area contributed by atoms with Crippen LogP contribution in [0.3, 0.4) is 0 Å². The topological polar surface area (TPSA) is 92.6 Å². The summed E-state index contributed by atoms with van der Waals surface area (Å²) in [6.07, 6.45) is 22.7. The van der Waals surface area contributed by atoms with Crippen molar-refractivity contribution in [2.45, 2.75) is 142 Å². The van der Waals surface area contributed by atoms with Gasteiger partial charge in [0.1, 0.15) is 11.5 Å². The molecular weight excluding hydrogens is 578 g/mol. The molecule has 10 atom stereocenters. The normalized spacial score (nSPS) is 51.2. The summed E-state index contributed by atoms with van der Waals surface area (Å²) in [6.45, 7) is 11.5. The number of carbonyl (C=O) groups is 1. The van der Waals surface area contributed by atoms with Gasteiger partial charge in [0.25, 0.3) is 0 Å². The number of aliphatic carboxylic acids is 1. The molecule has 5 fully saturated rings. The van der Waals surface area contributed by atoms with Gasteiger partial charge < -0.3 is 20.1 Å². The molecule has 4 saturated carbocycles. The fraction of sp³-hybridized carbons (Fsp3) is 0.872. The van der Waals surface area contributed by atoms with E-state index in [9.17, 15) is 19.6 Å². The van der Waals surface area contributed by atoms with Gasteiger partial charge in [0.2, 0.25) is 0 Å². The molecule has 0 bridgehead atoms. The summed E-state index contributed by atoms with van der Waals surface area (Å²) < 4.78 is 11.9. The van der Waals surface area contributed by atoms with Gasteiger partial charge in [-0.25, -0.2) is 0 Å². The summed E-state index contributed by atoms with van der Waals surface area (Å²) >= 11 is -0.737. The van der Waals surface area contributed by atoms with Crippen LogP contribution in [-0.4, -0.2) is 49.9 Å². The fourth-order valence-electron chi connectivity index (χ4n) is 13.5. The van der Waals surface area contributed by atoms with Gasteiger partial charge in [0.05, 0.1) is 11.5 Å². The van der Waals surface area contributed by atoms with Crippen LogP contribution in [-0.2, 0) is 16.0 Å². The van der Waals surface area contributed by atoms with E-state index in [0.717, 1.165) is 43.6 Å². The highest BCUT2D eigenvalue weighted by Crippen LogP contribution is 2.75. The second kappa shape index (κ2) is 11.7. The molecule has 1 aliphatic heterocycles. The predicted molar refractivity (Wildman–Crippen MR) is 182 cm³/mol. The van der Waals surface area contributed by atoms with Crippen molar-refractivity contribution in [3.05, 3.63) is 23.3 Å². The van der Waals surface area contributed by atoms with Gasteiger partial charge >= 0.3 is 5.97 Å². The van der Waals surface area contributed by atoms with Crippen molar-refractivity contribution in [1.29, 1.82) is 0 Å². The molecule has 6 aliphatic carbocycles. The molecule has 9 unspecified atom stereocenters. The minimum Gasteiger partial charge on any atom is -0.616 e. The number of aliphatic hydroxyl groups is 1. The van der Waals surface area contributed by atoms with E-state index >= 15 is 0 Å². The Labute approximate surface area is 276 Å². The summed E-state index contributed by atoms with van der Waals surface area (Å²) in [4.78, 5) is 11.6. The molecule has 252 valence electrons. The van der Waals surface area contributed by atoms with Crippen LogP contribution in [0.4, 0.5) is 0 Å². The standard InChI is InChI=1S/C39H61NO4S/c1-26-29(27-7-9-28(10-8-27)34(41)42)13-16-35(2)30(26)14-17-37(4)33(35)12-11-31-32-6-5-15-39(32,19-18-36(31,37)3)40-23-20-38(43)21-24-45(44)25-22-38/h7,13,26,28,30-33,40,43H,5-6,8-12,14-25H2,1-4H3,(H,41,42)/t26?,28?,30?,31?,32?,33?,35?,36-,37?,38?,39?,45?/m1/s1. The molecule has 3 N–H and O–H groups in total. The van der Waals surface area contributed by atoms with E-state index in [1.807, 2.05) is 0 Å². The molecule has 45 heavy (non-hydrogen) atoms. The quantitative estimate of drug-likeness (QED) is 0.258. The lowest BCUT2D eigenvalue weighted by molar-refractivity contribution is -0.212. The molecule has 0 aromatic heterocycles. The van der Waals surface area contributed by atoms with Gasteiger partial charge in [-0.3, -0.25) is 4.79 Å². The number of rotatable bonds is 6. The summed E-state index contributed by atoms with van der Waals surface area (Å²) in [5.74, 6) is 4.04. The zero-order valence-corrected chi connectivity index (χ0v) is 29.5. The van der Waals surface area contributed by atoms with E-state index in [-0.39, 0.29) is 11.5 Å². The zero-order chi connectivity index (χ0) is 31.8. The van der Waals surface area contributed by atoms with E-state index in [1.165, 1.54) is 69.8 Å². The predicted octanol–water partition coefficient (Wildman–Crippen LogP) is 7.80. The van der Waals surface area contributed by atoms with E-state index < -0.39 is 22.7 Å². The zero-order valence-electron chi connectivity index (χ0n) is 28.7. The molecule has 7 rings (SSSR count). The molecule has 0 spiro atoms. The molecule has 0 aromatic rings. The number of fused-ring (bicyclic) bond motifs is 7. The molecule has 5 nitrogen and oxygen atoms in total. The number of hydrogen-bond donors (Lipinski definition) is 3. The first-order valence-corrected chi connectivity index (χ1v) is 20.3. The Balaban J connectivity index is 1.08. The largest absolute Gasteiger partial charge is 0.616 e. The lowest BCUT2D eigenvalue weighted by atomic mass is 9.34. The first-order valence-electron chi connectivity index (χ1n) is 18.8. The first-order chi connectivity index (χ1) is 21.3.